The summed E-state index contributed by atoms with van der Waals surface area (Å²) in [6.07, 6.45) is 1.74. The first-order valence-electron chi connectivity index (χ1n) is 6.87. The van der Waals surface area contributed by atoms with Gasteiger partial charge in [-0.25, -0.2) is 0 Å². The van der Waals surface area contributed by atoms with Gasteiger partial charge in [0.2, 0.25) is 0 Å². The average Bonchev–Trinajstić information content (AvgIpc) is 2.99. The van der Waals surface area contributed by atoms with Crippen LogP contribution in [0.2, 0.25) is 0 Å². The van der Waals surface area contributed by atoms with Gasteiger partial charge in [0.05, 0.1) is 6.20 Å². The maximum atomic E-state index is 4.04. The highest BCUT2D eigenvalue weighted by Crippen LogP contribution is 2.26. The maximum absolute atomic E-state index is 4.04. The highest BCUT2D eigenvalue weighted by atomic mass is 32.2. The van der Waals surface area contributed by atoms with Crippen LogP contribution in [0.4, 0.5) is 0 Å². The summed E-state index contributed by atoms with van der Waals surface area (Å²) in [6, 6.07) is 15.3. The molecule has 4 heteroatoms. The van der Waals surface area contributed by atoms with Crippen LogP contribution in [0.25, 0.3) is 11.1 Å². The van der Waals surface area contributed by atoms with E-state index in [0.29, 0.717) is 0 Å². The summed E-state index contributed by atoms with van der Waals surface area (Å²) in [5, 5.41) is 11.4. The number of hydrogen-bond donors (Lipinski definition) is 1. The molecule has 0 aliphatic heterocycles. The third-order valence-electron chi connectivity index (χ3n) is 3.43. The van der Waals surface area contributed by atoms with Gasteiger partial charge in [-0.2, -0.15) is 10.3 Å². The predicted octanol–water partition coefficient (Wildman–Crippen LogP) is 4.38. The Balaban J connectivity index is 1.74. The van der Waals surface area contributed by atoms with Crippen molar-refractivity contribution in [1.82, 2.24) is 15.4 Å². The Morgan fingerprint density at radius 3 is 2.52 bits per heavy atom. The first-order chi connectivity index (χ1) is 10.2. The van der Waals surface area contributed by atoms with Crippen molar-refractivity contribution < 1.29 is 0 Å². The molecule has 0 unspecified atom stereocenters. The zero-order valence-electron chi connectivity index (χ0n) is 12.1. The normalized spacial score (nSPS) is 10.8. The number of aromatic amines is 1. The topological polar surface area (TPSA) is 41.6 Å². The third kappa shape index (κ3) is 3.34. The molecule has 0 amide bonds. The lowest BCUT2D eigenvalue weighted by atomic mass is 9.98. The van der Waals surface area contributed by atoms with Crippen molar-refractivity contribution in [3.8, 4) is 11.1 Å². The lowest BCUT2D eigenvalue weighted by Crippen LogP contribution is -1.86. The molecule has 3 rings (SSSR count). The van der Waals surface area contributed by atoms with Crippen LogP contribution in [0.15, 0.2) is 53.7 Å². The van der Waals surface area contributed by atoms with Gasteiger partial charge >= 0.3 is 0 Å². The molecule has 1 heterocycles. The van der Waals surface area contributed by atoms with Gasteiger partial charge in [0.25, 0.3) is 0 Å². The number of benzene rings is 2. The number of hydrogen-bond acceptors (Lipinski definition) is 3. The first-order valence-corrected chi connectivity index (χ1v) is 7.86. The minimum atomic E-state index is 0.902. The molecule has 1 aromatic heterocycles. The van der Waals surface area contributed by atoms with Gasteiger partial charge in [0.1, 0.15) is 5.03 Å². The number of aromatic nitrogens is 3. The number of rotatable bonds is 4. The monoisotopic (exact) mass is 295 g/mol. The minimum absolute atomic E-state index is 0.902. The highest BCUT2D eigenvalue weighted by Gasteiger charge is 2.03. The summed E-state index contributed by atoms with van der Waals surface area (Å²) in [5.41, 5.74) is 6.48. The highest BCUT2D eigenvalue weighted by molar-refractivity contribution is 7.98. The Labute approximate surface area is 128 Å². The molecule has 0 atom stereocenters. The van der Waals surface area contributed by atoms with Crippen LogP contribution >= 0.6 is 11.8 Å². The van der Waals surface area contributed by atoms with E-state index in [1.54, 1.807) is 18.0 Å². The Morgan fingerprint density at radius 2 is 1.86 bits per heavy atom. The van der Waals surface area contributed by atoms with Crippen molar-refractivity contribution >= 4 is 11.8 Å². The van der Waals surface area contributed by atoms with Crippen molar-refractivity contribution in [3.05, 3.63) is 65.4 Å². The summed E-state index contributed by atoms with van der Waals surface area (Å²) in [4.78, 5) is 0. The van der Waals surface area contributed by atoms with Crippen molar-refractivity contribution in [1.29, 1.82) is 0 Å². The molecule has 0 fully saturated rings. The quantitative estimate of drug-likeness (QED) is 0.726. The largest absolute Gasteiger partial charge is 0.197 e. The van der Waals surface area contributed by atoms with Crippen LogP contribution in [-0.4, -0.2) is 15.4 Å². The molecule has 0 aliphatic rings. The standard InChI is InChI=1S/C17H17N3S/c1-12-3-8-16(13(2)9-12)15-6-4-14(5-7-15)11-21-17-10-18-20-19-17/h3-10H,11H2,1-2H3,(H,18,19,20). The number of nitrogens with zero attached hydrogens (tertiary/aromatic N) is 2. The summed E-state index contributed by atoms with van der Waals surface area (Å²) >= 11 is 1.68. The summed E-state index contributed by atoms with van der Waals surface area (Å²) in [6.45, 7) is 4.29. The SMILES string of the molecule is Cc1ccc(-c2ccc(CSc3cn[nH]n3)cc2)c(C)c1. The smallest absolute Gasteiger partial charge is 0.139 e. The molecule has 0 aliphatic carbocycles. The molecule has 3 nitrogen and oxygen atoms in total. The van der Waals surface area contributed by atoms with E-state index in [0.717, 1.165) is 10.8 Å². The number of H-pyrrole nitrogens is 1. The van der Waals surface area contributed by atoms with Crippen molar-refractivity contribution in [3.63, 3.8) is 0 Å². The van der Waals surface area contributed by atoms with E-state index < -0.39 is 0 Å². The van der Waals surface area contributed by atoms with Crippen molar-refractivity contribution in [2.75, 3.05) is 0 Å². The molecule has 21 heavy (non-hydrogen) atoms. The first kappa shape index (κ1) is 13.9. The van der Waals surface area contributed by atoms with Crippen molar-refractivity contribution in [2.45, 2.75) is 24.6 Å². The maximum Gasteiger partial charge on any atom is 0.139 e. The van der Waals surface area contributed by atoms with Gasteiger partial charge in [-0.1, -0.05) is 59.8 Å². The lowest BCUT2D eigenvalue weighted by molar-refractivity contribution is 0.911. The van der Waals surface area contributed by atoms with Crippen LogP contribution in [0.5, 0.6) is 0 Å². The van der Waals surface area contributed by atoms with Gasteiger partial charge in [-0.05, 0) is 36.1 Å². The van der Waals surface area contributed by atoms with Crippen LogP contribution in [0.3, 0.4) is 0 Å². The Hall–Kier alpha value is -2.07. The van der Waals surface area contributed by atoms with Gasteiger partial charge < -0.3 is 0 Å². The summed E-state index contributed by atoms with van der Waals surface area (Å²) in [7, 11) is 0. The number of aryl methyl sites for hydroxylation is 2. The van der Waals surface area contributed by atoms with E-state index in [1.165, 1.54) is 27.8 Å². The fraction of sp³-hybridized carbons (Fsp3) is 0.176. The van der Waals surface area contributed by atoms with Gasteiger partial charge in [0, 0.05) is 5.75 Å². The van der Waals surface area contributed by atoms with Gasteiger partial charge in [-0.15, -0.1) is 5.10 Å². The molecular formula is C17H17N3S. The Bertz CT molecular complexity index is 718. The molecule has 0 saturated carbocycles. The number of thioether (sulfide) groups is 1. The van der Waals surface area contributed by atoms with E-state index in [-0.39, 0.29) is 0 Å². The molecule has 0 saturated heterocycles. The van der Waals surface area contributed by atoms with E-state index in [1.807, 2.05) is 0 Å². The molecule has 0 bridgehead atoms. The fourth-order valence-corrected chi connectivity index (χ4v) is 3.08. The zero-order chi connectivity index (χ0) is 14.7. The lowest BCUT2D eigenvalue weighted by Gasteiger charge is -2.08. The Kier molecular flexibility index (Phi) is 4.06. The van der Waals surface area contributed by atoms with Crippen LogP contribution < -0.4 is 0 Å². The molecule has 106 valence electrons. The molecular weight excluding hydrogens is 278 g/mol. The predicted molar refractivity (Wildman–Crippen MR) is 87.3 cm³/mol. The van der Waals surface area contributed by atoms with E-state index in [2.05, 4.69) is 71.7 Å². The zero-order valence-corrected chi connectivity index (χ0v) is 12.9. The molecule has 3 aromatic rings. The van der Waals surface area contributed by atoms with Crippen molar-refractivity contribution in [2.24, 2.45) is 0 Å². The van der Waals surface area contributed by atoms with E-state index in [4.69, 9.17) is 0 Å². The number of nitrogens with one attached hydrogen (secondary N) is 1. The third-order valence-corrected chi connectivity index (χ3v) is 4.40. The van der Waals surface area contributed by atoms with Gasteiger partial charge in [0.15, 0.2) is 0 Å². The molecule has 2 aromatic carbocycles. The van der Waals surface area contributed by atoms with Crippen LogP contribution in [0, 0.1) is 13.8 Å². The summed E-state index contributed by atoms with van der Waals surface area (Å²) < 4.78 is 0. The second-order valence-electron chi connectivity index (χ2n) is 5.11. The fourth-order valence-electron chi connectivity index (χ4n) is 2.34. The second-order valence-corrected chi connectivity index (χ2v) is 6.11. The van der Waals surface area contributed by atoms with Crippen LogP contribution in [0.1, 0.15) is 16.7 Å². The second kappa shape index (κ2) is 6.14. The summed E-state index contributed by atoms with van der Waals surface area (Å²) in [5.74, 6) is 0.902. The molecule has 0 spiro atoms. The van der Waals surface area contributed by atoms with Crippen LogP contribution in [-0.2, 0) is 5.75 Å². The molecule has 0 radical (unpaired) electrons. The molecule has 1 N–H and O–H groups in total. The Morgan fingerprint density at radius 1 is 1.05 bits per heavy atom. The van der Waals surface area contributed by atoms with E-state index in [9.17, 15) is 0 Å². The van der Waals surface area contributed by atoms with Gasteiger partial charge in [-0.3, -0.25) is 0 Å². The van der Waals surface area contributed by atoms with E-state index >= 15 is 0 Å². The average molecular weight is 295 g/mol. The minimum Gasteiger partial charge on any atom is -0.197 e.